The molecular weight excluding hydrogens is 325 g/mol. The molecule has 0 fully saturated rings. The Hall–Kier alpha value is -2.09. The zero-order valence-electron chi connectivity index (χ0n) is 11.8. The van der Waals surface area contributed by atoms with Crippen LogP contribution in [-0.2, 0) is 16.8 Å². The van der Waals surface area contributed by atoms with E-state index in [1.807, 2.05) is 5.09 Å². The first-order valence-corrected chi connectivity index (χ1v) is 8.08. The van der Waals surface area contributed by atoms with Gasteiger partial charge in [0.25, 0.3) is 0 Å². The molecule has 0 saturated carbocycles. The van der Waals surface area contributed by atoms with Gasteiger partial charge in [0.2, 0.25) is 0 Å². The van der Waals surface area contributed by atoms with Crippen molar-refractivity contribution in [1.82, 2.24) is 0 Å². The van der Waals surface area contributed by atoms with Gasteiger partial charge in [0, 0.05) is 12.0 Å². The van der Waals surface area contributed by atoms with Crippen LogP contribution in [0.3, 0.4) is 0 Å². The van der Waals surface area contributed by atoms with E-state index >= 15 is 0 Å². The zero-order chi connectivity index (χ0) is 17.3. The van der Waals surface area contributed by atoms with Crippen LogP contribution in [0.4, 0.5) is 5.69 Å². The molecule has 0 saturated heterocycles. The highest BCUT2D eigenvalue weighted by Gasteiger charge is 2.31. The Balaban J connectivity index is 2.39. The summed E-state index contributed by atoms with van der Waals surface area (Å²) in [7, 11) is -4.68. The van der Waals surface area contributed by atoms with E-state index in [9.17, 15) is 25.0 Å². The Morgan fingerprint density at radius 3 is 2.09 bits per heavy atom. The summed E-state index contributed by atoms with van der Waals surface area (Å²) in [5.41, 5.74) is -0.0629. The van der Waals surface area contributed by atoms with Crippen LogP contribution in [0, 0.1) is 0 Å². The van der Waals surface area contributed by atoms with Gasteiger partial charge < -0.3 is 30.2 Å². The minimum Gasteiger partial charge on any atom is -0.508 e. The molecule has 2 rings (SSSR count). The van der Waals surface area contributed by atoms with Crippen molar-refractivity contribution in [1.29, 1.82) is 0 Å². The first-order chi connectivity index (χ1) is 10.6. The van der Waals surface area contributed by atoms with Crippen LogP contribution >= 0.6 is 7.75 Å². The highest BCUT2D eigenvalue weighted by atomic mass is 31.2. The van der Waals surface area contributed by atoms with E-state index in [1.54, 1.807) is 0 Å². The molecule has 8 nitrogen and oxygen atoms in total. The normalized spacial score (nSPS) is 12.2. The highest BCUT2D eigenvalue weighted by Crippen LogP contribution is 2.40. The number of hydrogen-bond acceptors (Lipinski definition) is 5. The van der Waals surface area contributed by atoms with Crippen molar-refractivity contribution in [2.45, 2.75) is 12.2 Å². The molecule has 0 aliphatic rings. The van der Waals surface area contributed by atoms with Gasteiger partial charge in [0.15, 0.2) is 5.79 Å². The van der Waals surface area contributed by atoms with Crippen molar-refractivity contribution < 1.29 is 34.8 Å². The zero-order valence-corrected chi connectivity index (χ0v) is 12.7. The Kier molecular flexibility index (Phi) is 4.65. The number of phenolic OH excluding ortho intramolecular Hbond substituents is 2. The molecule has 0 heterocycles. The second kappa shape index (κ2) is 6.19. The molecule has 9 heteroatoms. The molecule has 0 aromatic heterocycles. The average Bonchev–Trinajstić information content (AvgIpc) is 2.41. The second-order valence-electron chi connectivity index (χ2n) is 5.05. The maximum atomic E-state index is 11.1. The average molecular weight is 341 g/mol. The summed E-state index contributed by atoms with van der Waals surface area (Å²) in [5.74, 6) is -2.79. The molecule has 0 radical (unpaired) electrons. The van der Waals surface area contributed by atoms with Crippen molar-refractivity contribution in [3.05, 3.63) is 53.6 Å². The van der Waals surface area contributed by atoms with Crippen LogP contribution in [0.5, 0.6) is 11.5 Å². The van der Waals surface area contributed by atoms with Gasteiger partial charge in [-0.25, -0.2) is 4.57 Å². The van der Waals surface area contributed by atoms with Crippen molar-refractivity contribution in [3.63, 3.8) is 0 Å². The minimum atomic E-state index is -4.68. The maximum absolute atomic E-state index is 11.1. The van der Waals surface area contributed by atoms with Gasteiger partial charge in [-0.05, 0) is 35.9 Å². The summed E-state index contributed by atoms with van der Waals surface area (Å²) in [4.78, 5) is 18.0. The molecular formula is C14H16NO7P. The summed E-state index contributed by atoms with van der Waals surface area (Å²) in [6.45, 7) is 0. The van der Waals surface area contributed by atoms with Gasteiger partial charge in [0.05, 0.1) is 5.69 Å². The number of benzene rings is 2. The lowest BCUT2D eigenvalue weighted by Crippen LogP contribution is -2.29. The van der Waals surface area contributed by atoms with E-state index in [0.29, 0.717) is 5.56 Å². The van der Waals surface area contributed by atoms with E-state index in [1.165, 1.54) is 24.3 Å². The van der Waals surface area contributed by atoms with Gasteiger partial charge in [0.1, 0.15) is 11.5 Å². The standard InChI is InChI=1S/C14H16NO7P/c16-10-3-1-9(2-4-10)8-14(18,19)12-7-11(17)5-6-13(12)15-23(20,21)22/h1-7,16-19H,8H2,(H3,15,20,21,22). The smallest absolute Gasteiger partial charge is 0.427 e. The summed E-state index contributed by atoms with van der Waals surface area (Å²) in [6.07, 6.45) is -0.327. The molecule has 0 amide bonds. The van der Waals surface area contributed by atoms with E-state index in [0.717, 1.165) is 18.2 Å². The van der Waals surface area contributed by atoms with Crippen LogP contribution in [0.1, 0.15) is 11.1 Å². The molecule has 0 atom stereocenters. The molecule has 23 heavy (non-hydrogen) atoms. The number of aliphatic hydroxyl groups is 2. The van der Waals surface area contributed by atoms with Crippen molar-refractivity contribution >= 4 is 13.4 Å². The maximum Gasteiger partial charge on any atom is 0.427 e. The summed E-state index contributed by atoms with van der Waals surface area (Å²) in [5, 5.41) is 41.2. The molecule has 0 spiro atoms. The first kappa shape index (κ1) is 17.3. The molecule has 0 aliphatic heterocycles. The SMILES string of the molecule is O=P(O)(O)Nc1ccc(O)cc1C(O)(O)Cc1ccc(O)cc1. The van der Waals surface area contributed by atoms with E-state index in [4.69, 9.17) is 9.79 Å². The number of hydrogen-bond donors (Lipinski definition) is 7. The monoisotopic (exact) mass is 341 g/mol. The van der Waals surface area contributed by atoms with Gasteiger partial charge in [-0.2, -0.15) is 0 Å². The molecule has 2 aromatic rings. The third-order valence-electron chi connectivity index (χ3n) is 3.09. The number of anilines is 1. The van der Waals surface area contributed by atoms with Crippen LogP contribution in [0.25, 0.3) is 0 Å². The number of nitrogens with one attached hydrogen (secondary N) is 1. The molecule has 0 aliphatic carbocycles. The number of phenols is 2. The fraction of sp³-hybridized carbons (Fsp3) is 0.143. The van der Waals surface area contributed by atoms with Crippen LogP contribution < -0.4 is 5.09 Å². The minimum absolute atomic E-state index is 0.0106. The third kappa shape index (κ3) is 4.69. The topological polar surface area (TPSA) is 150 Å². The van der Waals surface area contributed by atoms with E-state index in [2.05, 4.69) is 0 Å². The number of aromatic hydroxyl groups is 2. The molecule has 7 N–H and O–H groups in total. The summed E-state index contributed by atoms with van der Waals surface area (Å²) < 4.78 is 11.1. The van der Waals surface area contributed by atoms with Gasteiger partial charge in [-0.15, -0.1) is 0 Å². The second-order valence-corrected chi connectivity index (χ2v) is 6.36. The molecule has 0 bridgehead atoms. The lowest BCUT2D eigenvalue weighted by Gasteiger charge is -2.25. The van der Waals surface area contributed by atoms with E-state index < -0.39 is 13.5 Å². The molecule has 124 valence electrons. The number of rotatable bonds is 5. The molecule has 2 aromatic carbocycles. The van der Waals surface area contributed by atoms with Crippen molar-refractivity contribution in [3.8, 4) is 11.5 Å². The van der Waals surface area contributed by atoms with E-state index in [-0.39, 0.29) is 29.2 Å². The summed E-state index contributed by atoms with van der Waals surface area (Å²) in [6, 6.07) is 8.94. The largest absolute Gasteiger partial charge is 0.508 e. The van der Waals surface area contributed by atoms with Gasteiger partial charge >= 0.3 is 7.75 Å². The highest BCUT2D eigenvalue weighted by molar-refractivity contribution is 7.53. The lowest BCUT2D eigenvalue weighted by molar-refractivity contribution is -0.167. The predicted molar refractivity (Wildman–Crippen MR) is 81.7 cm³/mol. The molecule has 0 unspecified atom stereocenters. The van der Waals surface area contributed by atoms with Crippen LogP contribution in [0.15, 0.2) is 42.5 Å². The quantitative estimate of drug-likeness (QED) is 0.242. The third-order valence-corrected chi connectivity index (χ3v) is 3.62. The Morgan fingerprint density at radius 2 is 1.52 bits per heavy atom. The summed E-state index contributed by atoms with van der Waals surface area (Å²) >= 11 is 0. The van der Waals surface area contributed by atoms with Crippen molar-refractivity contribution in [2.75, 3.05) is 5.09 Å². The van der Waals surface area contributed by atoms with Crippen molar-refractivity contribution in [2.24, 2.45) is 0 Å². The Bertz CT molecular complexity index is 739. The van der Waals surface area contributed by atoms with Gasteiger partial charge in [-0.3, -0.25) is 5.09 Å². The fourth-order valence-corrected chi connectivity index (χ4v) is 2.62. The fourth-order valence-electron chi connectivity index (χ4n) is 2.11. The van der Waals surface area contributed by atoms with Gasteiger partial charge in [-0.1, -0.05) is 12.1 Å². The first-order valence-electron chi connectivity index (χ1n) is 6.47. The van der Waals surface area contributed by atoms with Crippen LogP contribution in [0.2, 0.25) is 0 Å². The Morgan fingerprint density at radius 1 is 0.957 bits per heavy atom. The van der Waals surface area contributed by atoms with Crippen LogP contribution in [-0.4, -0.2) is 30.2 Å². The Labute approximate surface area is 131 Å². The lowest BCUT2D eigenvalue weighted by atomic mass is 9.96. The predicted octanol–water partition coefficient (Wildman–Crippen LogP) is 0.982.